The highest BCUT2D eigenvalue weighted by atomic mass is 19.1. The van der Waals surface area contributed by atoms with Crippen molar-refractivity contribution in [2.75, 3.05) is 33.9 Å². The van der Waals surface area contributed by atoms with Crippen LogP contribution in [0, 0.1) is 5.82 Å². The second-order valence-electron chi connectivity index (χ2n) is 8.51. The molecule has 1 fully saturated rings. The van der Waals surface area contributed by atoms with Crippen LogP contribution in [0.3, 0.4) is 0 Å². The molecule has 0 aromatic heterocycles. The van der Waals surface area contributed by atoms with Crippen LogP contribution in [0.2, 0.25) is 0 Å². The van der Waals surface area contributed by atoms with Crippen LogP contribution in [0.25, 0.3) is 0 Å². The Morgan fingerprint density at radius 2 is 1.67 bits per heavy atom. The fourth-order valence-electron chi connectivity index (χ4n) is 4.71. The van der Waals surface area contributed by atoms with E-state index in [1.807, 2.05) is 12.1 Å². The van der Waals surface area contributed by atoms with Gasteiger partial charge >= 0.3 is 6.03 Å². The summed E-state index contributed by atoms with van der Waals surface area (Å²) in [7, 11) is 3.15. The van der Waals surface area contributed by atoms with E-state index in [1.54, 1.807) is 43.1 Å². The molecule has 3 amide bonds. The number of ether oxygens (including phenoxy) is 2. The zero-order valence-electron chi connectivity index (χ0n) is 19.3. The normalized spacial score (nSPS) is 18.5. The topological polar surface area (TPSA) is 71.1 Å². The number of halogens is 1. The first-order valence-corrected chi connectivity index (χ1v) is 11.3. The Morgan fingerprint density at radius 1 is 1.03 bits per heavy atom. The molecule has 4 rings (SSSR count). The molecule has 7 nitrogen and oxygen atoms in total. The van der Waals surface area contributed by atoms with Crippen LogP contribution in [0.15, 0.2) is 36.4 Å². The number of methoxy groups -OCH3 is 2. The minimum Gasteiger partial charge on any atom is -0.493 e. The summed E-state index contributed by atoms with van der Waals surface area (Å²) in [4.78, 5) is 29.6. The van der Waals surface area contributed by atoms with Gasteiger partial charge in [-0.2, -0.15) is 0 Å². The molecule has 0 radical (unpaired) electrons. The fourth-order valence-corrected chi connectivity index (χ4v) is 4.71. The molecule has 2 aliphatic heterocycles. The summed E-state index contributed by atoms with van der Waals surface area (Å²) in [5, 5.41) is 2.89. The van der Waals surface area contributed by atoms with Gasteiger partial charge in [0.05, 0.1) is 20.3 Å². The van der Waals surface area contributed by atoms with Crippen LogP contribution in [0.5, 0.6) is 11.5 Å². The Kier molecular flexibility index (Phi) is 6.72. The predicted molar refractivity (Wildman–Crippen MR) is 122 cm³/mol. The molecule has 2 aliphatic rings. The molecule has 2 aromatic rings. The lowest BCUT2D eigenvalue weighted by atomic mass is 9.88. The average molecular weight is 456 g/mol. The second kappa shape index (κ2) is 9.68. The third-order valence-corrected chi connectivity index (χ3v) is 6.45. The number of fused-ring (bicyclic) bond motifs is 1. The Labute approximate surface area is 193 Å². The third-order valence-electron chi connectivity index (χ3n) is 6.45. The lowest BCUT2D eigenvalue weighted by Gasteiger charge is -2.38. The number of urea groups is 1. The van der Waals surface area contributed by atoms with Crippen LogP contribution in [0.1, 0.15) is 42.5 Å². The highest BCUT2D eigenvalue weighted by Gasteiger charge is 2.35. The molecule has 8 heteroatoms. The van der Waals surface area contributed by atoms with E-state index in [-0.39, 0.29) is 17.8 Å². The van der Waals surface area contributed by atoms with E-state index in [1.165, 1.54) is 12.1 Å². The lowest BCUT2D eigenvalue weighted by Crippen LogP contribution is -2.52. The number of hydrogen-bond donors (Lipinski definition) is 1. The number of rotatable bonds is 5. The molecule has 0 bridgehead atoms. The minimum absolute atomic E-state index is 0.0667. The van der Waals surface area contributed by atoms with Crippen molar-refractivity contribution in [3.63, 3.8) is 0 Å². The van der Waals surface area contributed by atoms with Gasteiger partial charge < -0.3 is 24.6 Å². The highest BCUT2D eigenvalue weighted by molar-refractivity contribution is 5.87. The Balaban J connectivity index is 1.66. The number of carbonyl (C=O) groups is 2. The van der Waals surface area contributed by atoms with Crippen LogP contribution in [0.4, 0.5) is 9.18 Å². The van der Waals surface area contributed by atoms with Gasteiger partial charge in [0.15, 0.2) is 11.5 Å². The highest BCUT2D eigenvalue weighted by Crippen LogP contribution is 2.41. The lowest BCUT2D eigenvalue weighted by molar-refractivity contribution is -0.131. The summed E-state index contributed by atoms with van der Waals surface area (Å²) in [6, 6.07) is 8.54. The van der Waals surface area contributed by atoms with Crippen LogP contribution >= 0.6 is 0 Å². The third kappa shape index (κ3) is 4.60. The van der Waals surface area contributed by atoms with Crippen LogP contribution in [-0.4, -0.2) is 61.6 Å². The number of amides is 3. The van der Waals surface area contributed by atoms with E-state index in [9.17, 15) is 14.0 Å². The summed E-state index contributed by atoms with van der Waals surface area (Å²) >= 11 is 0. The predicted octanol–water partition coefficient (Wildman–Crippen LogP) is 3.51. The number of hydrogen-bond acceptors (Lipinski definition) is 4. The molecule has 176 valence electrons. The zero-order valence-corrected chi connectivity index (χ0v) is 19.3. The zero-order chi connectivity index (χ0) is 23.5. The van der Waals surface area contributed by atoms with E-state index >= 15 is 0 Å². The molecule has 1 N–H and O–H groups in total. The molecule has 0 spiro atoms. The van der Waals surface area contributed by atoms with Crippen molar-refractivity contribution in [2.24, 2.45) is 0 Å². The summed E-state index contributed by atoms with van der Waals surface area (Å²) in [6.45, 7) is 3.63. The maximum absolute atomic E-state index is 13.7. The van der Waals surface area contributed by atoms with Crippen molar-refractivity contribution in [3.05, 3.63) is 58.9 Å². The van der Waals surface area contributed by atoms with Gasteiger partial charge in [0.25, 0.3) is 0 Å². The molecular formula is C25H30FN3O4. The van der Waals surface area contributed by atoms with Gasteiger partial charge in [-0.3, -0.25) is 4.79 Å². The summed E-state index contributed by atoms with van der Waals surface area (Å²) in [6.07, 6.45) is 2.61. The molecule has 2 aromatic carbocycles. The van der Waals surface area contributed by atoms with Crippen molar-refractivity contribution in [2.45, 2.75) is 38.3 Å². The number of nitrogens with zero attached hydrogens (tertiary/aromatic N) is 2. The number of likely N-dealkylation sites (tertiary alicyclic amines) is 1. The van der Waals surface area contributed by atoms with Crippen molar-refractivity contribution in [1.29, 1.82) is 0 Å². The van der Waals surface area contributed by atoms with Crippen LogP contribution < -0.4 is 14.8 Å². The van der Waals surface area contributed by atoms with Gasteiger partial charge in [-0.1, -0.05) is 12.1 Å². The van der Waals surface area contributed by atoms with Gasteiger partial charge in [-0.15, -0.1) is 0 Å². The van der Waals surface area contributed by atoms with E-state index in [0.717, 1.165) is 42.6 Å². The first-order chi connectivity index (χ1) is 15.9. The van der Waals surface area contributed by atoms with Gasteiger partial charge in [0.2, 0.25) is 5.91 Å². The SMILES string of the molecule is COc1cc2c(cc1OC)[C@@H](c1ccc(F)cc1)N(C(=O)N[C@@H](C)C(=O)N1CCCC1)CC2. The number of carbonyl (C=O) groups excluding carboxylic acids is 2. The van der Waals surface area contributed by atoms with Gasteiger partial charge in [0.1, 0.15) is 11.9 Å². The van der Waals surface area contributed by atoms with Gasteiger partial charge in [-0.05, 0) is 67.1 Å². The van der Waals surface area contributed by atoms with Gasteiger partial charge in [0, 0.05) is 19.6 Å². The van der Waals surface area contributed by atoms with Gasteiger partial charge in [-0.25, -0.2) is 9.18 Å². The maximum Gasteiger partial charge on any atom is 0.318 e. The van der Waals surface area contributed by atoms with Crippen molar-refractivity contribution in [1.82, 2.24) is 15.1 Å². The summed E-state index contributed by atoms with van der Waals surface area (Å²) in [5.74, 6) is 0.769. The second-order valence-corrected chi connectivity index (χ2v) is 8.51. The van der Waals surface area contributed by atoms with Crippen molar-refractivity contribution >= 4 is 11.9 Å². The molecular weight excluding hydrogens is 425 g/mol. The first kappa shape index (κ1) is 22.9. The molecule has 2 heterocycles. The van der Waals surface area contributed by atoms with E-state index in [4.69, 9.17) is 9.47 Å². The first-order valence-electron chi connectivity index (χ1n) is 11.3. The summed E-state index contributed by atoms with van der Waals surface area (Å²) < 4.78 is 24.6. The molecule has 0 aliphatic carbocycles. The standard InChI is InChI=1S/C25H30FN3O4/c1-16(24(30)28-11-4-5-12-28)27-25(31)29-13-10-18-14-21(32-2)22(33-3)15-20(18)23(29)17-6-8-19(26)9-7-17/h6-9,14-16,23H,4-5,10-13H2,1-3H3,(H,27,31)/t16-,23+/m0/s1. The number of nitrogens with one attached hydrogen (secondary N) is 1. The fraction of sp³-hybridized carbons (Fsp3) is 0.440. The average Bonchev–Trinajstić information content (AvgIpc) is 3.37. The molecule has 1 saturated heterocycles. The summed E-state index contributed by atoms with van der Waals surface area (Å²) in [5.41, 5.74) is 2.70. The van der Waals surface area contributed by atoms with E-state index in [2.05, 4.69) is 5.32 Å². The van der Waals surface area contributed by atoms with Crippen molar-refractivity contribution < 1.29 is 23.5 Å². The monoisotopic (exact) mass is 455 g/mol. The Bertz CT molecular complexity index is 1020. The number of benzene rings is 2. The van der Waals surface area contributed by atoms with E-state index < -0.39 is 12.1 Å². The van der Waals surface area contributed by atoms with Crippen LogP contribution in [-0.2, 0) is 11.2 Å². The largest absolute Gasteiger partial charge is 0.493 e. The quantitative estimate of drug-likeness (QED) is 0.749. The molecule has 2 atom stereocenters. The molecule has 0 saturated carbocycles. The smallest absolute Gasteiger partial charge is 0.318 e. The molecule has 33 heavy (non-hydrogen) atoms. The molecule has 0 unspecified atom stereocenters. The maximum atomic E-state index is 13.7. The minimum atomic E-state index is -0.628. The Hall–Kier alpha value is -3.29. The van der Waals surface area contributed by atoms with E-state index in [0.29, 0.717) is 24.5 Å². The Morgan fingerprint density at radius 3 is 2.30 bits per heavy atom. The van der Waals surface area contributed by atoms with Crippen molar-refractivity contribution in [3.8, 4) is 11.5 Å².